The molecule has 0 amide bonds. The molecule has 0 fully saturated rings. The molecule has 0 spiro atoms. The SMILES string of the molecule is CCCCCC=CCCCOc1ccccc1-c1ncc(CCCCCCC)cn1. The molecular weight excluding hydrogens is 368 g/mol. The maximum absolute atomic E-state index is 6.06. The number of unbranched alkanes of at least 4 members (excludes halogenated alkanes) is 8. The smallest absolute Gasteiger partial charge is 0.162 e. The van der Waals surface area contributed by atoms with E-state index >= 15 is 0 Å². The molecule has 2 aromatic rings. The van der Waals surface area contributed by atoms with Gasteiger partial charge in [0, 0.05) is 12.4 Å². The van der Waals surface area contributed by atoms with Crippen LogP contribution in [0, 0.1) is 0 Å². The number of rotatable bonds is 16. The van der Waals surface area contributed by atoms with Gasteiger partial charge < -0.3 is 4.74 Å². The van der Waals surface area contributed by atoms with Crippen LogP contribution in [0.5, 0.6) is 5.75 Å². The van der Waals surface area contributed by atoms with Crippen molar-refractivity contribution in [3.8, 4) is 17.1 Å². The van der Waals surface area contributed by atoms with E-state index in [1.165, 1.54) is 63.4 Å². The van der Waals surface area contributed by atoms with Crippen molar-refractivity contribution in [1.29, 1.82) is 0 Å². The summed E-state index contributed by atoms with van der Waals surface area (Å²) in [5.74, 6) is 1.62. The molecule has 0 aliphatic heterocycles. The zero-order chi connectivity index (χ0) is 21.3. The Morgan fingerprint density at radius 1 is 0.767 bits per heavy atom. The van der Waals surface area contributed by atoms with E-state index in [4.69, 9.17) is 4.74 Å². The fraction of sp³-hybridized carbons (Fsp3) is 0.556. The molecule has 0 radical (unpaired) electrons. The van der Waals surface area contributed by atoms with Gasteiger partial charge in [0.1, 0.15) is 5.75 Å². The Hall–Kier alpha value is -2.16. The highest BCUT2D eigenvalue weighted by Gasteiger charge is 2.08. The third-order valence-electron chi connectivity index (χ3n) is 5.32. The van der Waals surface area contributed by atoms with Crippen molar-refractivity contribution in [2.45, 2.75) is 90.9 Å². The minimum atomic E-state index is 0.714. The zero-order valence-electron chi connectivity index (χ0n) is 19.1. The first kappa shape index (κ1) is 24.1. The van der Waals surface area contributed by atoms with Gasteiger partial charge in [-0.05, 0) is 56.2 Å². The Kier molecular flexibility index (Phi) is 12.6. The number of ether oxygens (including phenoxy) is 1. The molecule has 0 unspecified atom stereocenters. The lowest BCUT2D eigenvalue weighted by molar-refractivity contribution is 0.313. The van der Waals surface area contributed by atoms with Crippen molar-refractivity contribution in [1.82, 2.24) is 9.97 Å². The third-order valence-corrected chi connectivity index (χ3v) is 5.32. The molecule has 164 valence electrons. The molecule has 0 N–H and O–H groups in total. The fourth-order valence-corrected chi connectivity index (χ4v) is 3.46. The van der Waals surface area contributed by atoms with Crippen molar-refractivity contribution in [2.75, 3.05) is 6.61 Å². The number of hydrogen-bond acceptors (Lipinski definition) is 3. The Bertz CT molecular complexity index is 709. The molecule has 1 aromatic carbocycles. The summed E-state index contributed by atoms with van der Waals surface area (Å²) in [7, 11) is 0. The molecule has 3 heteroatoms. The fourth-order valence-electron chi connectivity index (χ4n) is 3.46. The molecule has 1 aromatic heterocycles. The molecule has 1 heterocycles. The number of aromatic nitrogens is 2. The quantitative estimate of drug-likeness (QED) is 0.209. The van der Waals surface area contributed by atoms with Crippen molar-refractivity contribution < 1.29 is 4.74 Å². The van der Waals surface area contributed by atoms with Crippen LogP contribution < -0.4 is 4.74 Å². The first-order chi connectivity index (χ1) is 14.8. The molecule has 30 heavy (non-hydrogen) atoms. The predicted molar refractivity (Wildman–Crippen MR) is 128 cm³/mol. The summed E-state index contributed by atoms with van der Waals surface area (Å²) in [6.45, 7) is 5.21. The minimum Gasteiger partial charge on any atom is -0.493 e. The normalized spacial score (nSPS) is 11.3. The van der Waals surface area contributed by atoms with Crippen LogP contribution in [-0.2, 0) is 6.42 Å². The molecule has 0 saturated carbocycles. The number of aryl methyl sites for hydroxylation is 1. The second-order valence-corrected chi connectivity index (χ2v) is 8.03. The molecule has 0 saturated heterocycles. The first-order valence-corrected chi connectivity index (χ1v) is 12.0. The molecular formula is C27H40N2O. The second kappa shape index (κ2) is 15.6. The van der Waals surface area contributed by atoms with Crippen LogP contribution in [0.1, 0.15) is 90.0 Å². The second-order valence-electron chi connectivity index (χ2n) is 8.03. The maximum Gasteiger partial charge on any atom is 0.162 e. The minimum absolute atomic E-state index is 0.714. The summed E-state index contributed by atoms with van der Waals surface area (Å²) in [6, 6.07) is 8.09. The van der Waals surface area contributed by atoms with Crippen LogP contribution in [0.25, 0.3) is 11.4 Å². The predicted octanol–water partition coefficient (Wildman–Crippen LogP) is 7.95. The Morgan fingerprint density at radius 2 is 1.43 bits per heavy atom. The summed E-state index contributed by atoms with van der Waals surface area (Å²) in [5, 5.41) is 0. The third kappa shape index (κ3) is 9.56. The van der Waals surface area contributed by atoms with E-state index < -0.39 is 0 Å². The van der Waals surface area contributed by atoms with Crippen LogP contribution in [0.15, 0.2) is 48.8 Å². The lowest BCUT2D eigenvalue weighted by atomic mass is 10.1. The highest BCUT2D eigenvalue weighted by molar-refractivity contribution is 5.63. The number of benzene rings is 1. The van der Waals surface area contributed by atoms with Crippen molar-refractivity contribution in [2.24, 2.45) is 0 Å². The van der Waals surface area contributed by atoms with Gasteiger partial charge >= 0.3 is 0 Å². The van der Waals surface area contributed by atoms with Crippen LogP contribution in [0.3, 0.4) is 0 Å². The van der Waals surface area contributed by atoms with Crippen LogP contribution >= 0.6 is 0 Å². The topological polar surface area (TPSA) is 35.0 Å². The van der Waals surface area contributed by atoms with E-state index in [1.807, 2.05) is 36.7 Å². The lowest BCUT2D eigenvalue weighted by Crippen LogP contribution is -2.00. The van der Waals surface area contributed by atoms with Crippen molar-refractivity contribution in [3.63, 3.8) is 0 Å². The van der Waals surface area contributed by atoms with E-state index in [9.17, 15) is 0 Å². The van der Waals surface area contributed by atoms with Crippen LogP contribution in [0.4, 0.5) is 0 Å². The number of allylic oxidation sites excluding steroid dienone is 2. The van der Waals surface area contributed by atoms with Crippen molar-refractivity contribution in [3.05, 3.63) is 54.4 Å². The van der Waals surface area contributed by atoms with Gasteiger partial charge in [-0.1, -0.05) is 76.7 Å². The van der Waals surface area contributed by atoms with Crippen LogP contribution in [0.2, 0.25) is 0 Å². The molecule has 0 bridgehead atoms. The molecule has 0 aliphatic carbocycles. The van der Waals surface area contributed by atoms with Gasteiger partial charge in [0.15, 0.2) is 5.82 Å². The van der Waals surface area contributed by atoms with E-state index in [-0.39, 0.29) is 0 Å². The Morgan fingerprint density at radius 3 is 2.20 bits per heavy atom. The molecule has 0 aliphatic rings. The van der Waals surface area contributed by atoms with E-state index in [2.05, 4.69) is 36.0 Å². The van der Waals surface area contributed by atoms with Gasteiger partial charge in [-0.2, -0.15) is 0 Å². The van der Waals surface area contributed by atoms with Gasteiger partial charge in [0.05, 0.1) is 12.2 Å². The average Bonchev–Trinajstić information content (AvgIpc) is 2.78. The molecule has 3 nitrogen and oxygen atoms in total. The zero-order valence-corrected chi connectivity index (χ0v) is 19.1. The Balaban J connectivity index is 1.78. The summed E-state index contributed by atoms with van der Waals surface area (Å²) in [6.07, 6.45) is 23.3. The lowest BCUT2D eigenvalue weighted by Gasteiger charge is -2.10. The number of para-hydroxylation sites is 1. The highest BCUT2D eigenvalue weighted by Crippen LogP contribution is 2.27. The summed E-state index contributed by atoms with van der Waals surface area (Å²) >= 11 is 0. The standard InChI is InChI=1S/C27H40N2O/c1-3-5-7-9-10-11-13-17-21-30-26-20-16-15-19-25(26)27-28-22-24(23-29-27)18-14-12-8-6-4-2/h10-11,15-16,19-20,22-23H,3-9,12-14,17-18,21H2,1-2H3. The number of nitrogens with zero attached hydrogens (tertiary/aromatic N) is 2. The summed E-state index contributed by atoms with van der Waals surface area (Å²) in [4.78, 5) is 9.23. The van der Waals surface area contributed by atoms with E-state index in [0.29, 0.717) is 6.61 Å². The van der Waals surface area contributed by atoms with Gasteiger partial charge in [-0.15, -0.1) is 0 Å². The van der Waals surface area contributed by atoms with Gasteiger partial charge in [0.2, 0.25) is 0 Å². The molecule has 0 atom stereocenters. The maximum atomic E-state index is 6.06. The van der Waals surface area contributed by atoms with Gasteiger partial charge in [0.25, 0.3) is 0 Å². The van der Waals surface area contributed by atoms with Gasteiger partial charge in [-0.3, -0.25) is 0 Å². The van der Waals surface area contributed by atoms with E-state index in [1.54, 1.807) is 0 Å². The summed E-state index contributed by atoms with van der Waals surface area (Å²) < 4.78 is 6.06. The van der Waals surface area contributed by atoms with Gasteiger partial charge in [-0.25, -0.2) is 9.97 Å². The Labute approximate surface area is 184 Å². The first-order valence-electron chi connectivity index (χ1n) is 12.0. The van der Waals surface area contributed by atoms with Crippen LogP contribution in [-0.4, -0.2) is 16.6 Å². The van der Waals surface area contributed by atoms with E-state index in [0.717, 1.165) is 36.4 Å². The van der Waals surface area contributed by atoms with Crippen molar-refractivity contribution >= 4 is 0 Å². The number of hydrogen-bond donors (Lipinski definition) is 0. The summed E-state index contributed by atoms with van der Waals surface area (Å²) in [5.41, 5.74) is 2.20. The average molecular weight is 409 g/mol. The monoisotopic (exact) mass is 408 g/mol. The largest absolute Gasteiger partial charge is 0.493 e. The molecule has 2 rings (SSSR count). The highest BCUT2D eigenvalue weighted by atomic mass is 16.5.